The van der Waals surface area contributed by atoms with E-state index in [0.717, 1.165) is 24.0 Å². The molecule has 20 heavy (non-hydrogen) atoms. The van der Waals surface area contributed by atoms with Crippen LogP contribution in [0.5, 0.6) is 0 Å². The first kappa shape index (κ1) is 15.3. The van der Waals surface area contributed by atoms with Gasteiger partial charge in [0.2, 0.25) is 0 Å². The fourth-order valence-corrected chi connectivity index (χ4v) is 2.97. The summed E-state index contributed by atoms with van der Waals surface area (Å²) < 4.78 is 0. The molecular formula is C17H29N3. The predicted octanol–water partition coefficient (Wildman–Crippen LogP) is 3.46. The molecule has 1 aromatic rings. The first-order chi connectivity index (χ1) is 9.31. The van der Waals surface area contributed by atoms with Crippen molar-refractivity contribution in [3.05, 3.63) is 23.4 Å². The molecule has 1 fully saturated rings. The number of aromatic nitrogens is 1. The Hall–Kier alpha value is -1.09. The van der Waals surface area contributed by atoms with E-state index in [1.807, 2.05) is 0 Å². The lowest BCUT2D eigenvalue weighted by atomic mass is 9.90. The van der Waals surface area contributed by atoms with E-state index in [1.54, 1.807) is 0 Å². The van der Waals surface area contributed by atoms with E-state index < -0.39 is 0 Å². The highest BCUT2D eigenvalue weighted by Gasteiger charge is 2.25. The van der Waals surface area contributed by atoms with Gasteiger partial charge in [0, 0.05) is 30.2 Å². The molecule has 1 aliphatic rings. The maximum atomic E-state index is 5.87. The highest BCUT2D eigenvalue weighted by Crippen LogP contribution is 2.30. The van der Waals surface area contributed by atoms with Gasteiger partial charge in [-0.25, -0.2) is 4.98 Å². The van der Waals surface area contributed by atoms with E-state index in [4.69, 9.17) is 10.7 Å². The lowest BCUT2D eigenvalue weighted by Crippen LogP contribution is -2.41. The first-order valence-corrected chi connectivity index (χ1v) is 7.79. The smallest absolute Gasteiger partial charge is 0.129 e. The normalized spacial score (nSPS) is 24.0. The largest absolute Gasteiger partial charge is 0.354 e. The second-order valence-corrected chi connectivity index (χ2v) is 7.34. The molecule has 3 nitrogen and oxygen atoms in total. The Morgan fingerprint density at radius 2 is 2.00 bits per heavy atom. The van der Waals surface area contributed by atoms with E-state index in [-0.39, 0.29) is 5.41 Å². The maximum Gasteiger partial charge on any atom is 0.129 e. The molecule has 1 aromatic heterocycles. The Morgan fingerprint density at radius 1 is 1.30 bits per heavy atom. The van der Waals surface area contributed by atoms with Gasteiger partial charge in [-0.1, -0.05) is 27.7 Å². The van der Waals surface area contributed by atoms with Crippen molar-refractivity contribution in [3.63, 3.8) is 0 Å². The van der Waals surface area contributed by atoms with E-state index >= 15 is 0 Å². The van der Waals surface area contributed by atoms with Gasteiger partial charge in [0.15, 0.2) is 0 Å². The summed E-state index contributed by atoms with van der Waals surface area (Å²) in [6.07, 6.45) is 2.50. The van der Waals surface area contributed by atoms with Gasteiger partial charge in [-0.05, 0) is 43.4 Å². The van der Waals surface area contributed by atoms with Crippen LogP contribution in [0, 0.1) is 5.92 Å². The summed E-state index contributed by atoms with van der Waals surface area (Å²) >= 11 is 0. The highest BCUT2D eigenvalue weighted by atomic mass is 15.2. The molecule has 2 heterocycles. The molecule has 0 saturated carbocycles. The van der Waals surface area contributed by atoms with Crippen LogP contribution in [-0.4, -0.2) is 17.6 Å². The van der Waals surface area contributed by atoms with Gasteiger partial charge in [0.1, 0.15) is 5.82 Å². The molecule has 0 aromatic carbocycles. The second-order valence-electron chi connectivity index (χ2n) is 7.34. The van der Waals surface area contributed by atoms with Crippen LogP contribution in [0.4, 0.5) is 5.82 Å². The molecule has 0 aliphatic carbocycles. The zero-order valence-corrected chi connectivity index (χ0v) is 13.6. The van der Waals surface area contributed by atoms with Crippen LogP contribution >= 0.6 is 0 Å². The number of rotatable bonds is 2. The third-order valence-corrected chi connectivity index (χ3v) is 4.31. The average molecular weight is 275 g/mol. The van der Waals surface area contributed by atoms with Crippen molar-refractivity contribution < 1.29 is 0 Å². The van der Waals surface area contributed by atoms with Crippen LogP contribution in [0.25, 0.3) is 0 Å². The summed E-state index contributed by atoms with van der Waals surface area (Å²) in [5.74, 6) is 1.93. The Labute approximate surface area is 123 Å². The lowest BCUT2D eigenvalue weighted by Gasteiger charge is -2.38. The Balaban J connectivity index is 2.36. The Bertz CT molecular complexity index is 462. The zero-order valence-electron chi connectivity index (χ0n) is 13.6. The lowest BCUT2D eigenvalue weighted by molar-refractivity contribution is 0.375. The molecule has 0 amide bonds. The number of piperidine rings is 1. The number of hydrogen-bond donors (Lipinski definition) is 1. The summed E-state index contributed by atoms with van der Waals surface area (Å²) in [5, 5.41) is 0. The van der Waals surface area contributed by atoms with Crippen molar-refractivity contribution in [1.29, 1.82) is 0 Å². The van der Waals surface area contributed by atoms with Crippen molar-refractivity contribution in [2.45, 2.75) is 65.5 Å². The summed E-state index contributed by atoms with van der Waals surface area (Å²) in [6, 6.07) is 4.88. The molecule has 1 saturated heterocycles. The third-order valence-electron chi connectivity index (χ3n) is 4.31. The van der Waals surface area contributed by atoms with Crippen LogP contribution in [0.2, 0.25) is 0 Å². The van der Waals surface area contributed by atoms with E-state index in [1.165, 1.54) is 18.4 Å². The third kappa shape index (κ3) is 3.32. The van der Waals surface area contributed by atoms with E-state index in [2.05, 4.69) is 51.7 Å². The second kappa shape index (κ2) is 5.72. The zero-order chi connectivity index (χ0) is 14.9. The van der Waals surface area contributed by atoms with Crippen molar-refractivity contribution >= 4 is 5.82 Å². The molecule has 0 spiro atoms. The number of hydrogen-bond acceptors (Lipinski definition) is 3. The van der Waals surface area contributed by atoms with Crippen LogP contribution in [-0.2, 0) is 12.0 Å². The molecule has 2 unspecified atom stereocenters. The topological polar surface area (TPSA) is 42.1 Å². The number of nitrogens with zero attached hydrogens (tertiary/aromatic N) is 2. The summed E-state index contributed by atoms with van der Waals surface area (Å²) in [7, 11) is 0. The van der Waals surface area contributed by atoms with Gasteiger partial charge in [-0.2, -0.15) is 0 Å². The highest BCUT2D eigenvalue weighted by molar-refractivity contribution is 5.45. The molecule has 2 N–H and O–H groups in total. The fraction of sp³-hybridized carbons (Fsp3) is 0.706. The predicted molar refractivity (Wildman–Crippen MR) is 86.0 cm³/mol. The quantitative estimate of drug-likeness (QED) is 0.898. The first-order valence-electron chi connectivity index (χ1n) is 7.79. The molecule has 2 atom stereocenters. The minimum atomic E-state index is 0.0618. The molecule has 2 rings (SSSR count). The van der Waals surface area contributed by atoms with Crippen molar-refractivity contribution in [2.75, 3.05) is 11.4 Å². The van der Waals surface area contributed by atoms with Gasteiger partial charge in [-0.15, -0.1) is 0 Å². The van der Waals surface area contributed by atoms with Crippen molar-refractivity contribution in [2.24, 2.45) is 11.7 Å². The summed E-state index contributed by atoms with van der Waals surface area (Å²) in [4.78, 5) is 7.37. The monoisotopic (exact) mass is 275 g/mol. The van der Waals surface area contributed by atoms with Crippen molar-refractivity contribution in [1.82, 2.24) is 4.98 Å². The van der Waals surface area contributed by atoms with Gasteiger partial charge in [-0.3, -0.25) is 0 Å². The van der Waals surface area contributed by atoms with Gasteiger partial charge >= 0.3 is 0 Å². The fourth-order valence-electron chi connectivity index (χ4n) is 2.97. The summed E-state index contributed by atoms with van der Waals surface area (Å²) in [6.45, 7) is 13.0. The summed E-state index contributed by atoms with van der Waals surface area (Å²) in [5.41, 5.74) is 8.26. The van der Waals surface area contributed by atoms with Gasteiger partial charge in [0.25, 0.3) is 0 Å². The standard InChI is InChI=1S/C17H29N3/c1-12-6-7-20(13(2)8-12)16-10-14(11-18)9-15(19-16)17(3,4)5/h9-10,12-13H,6-8,11,18H2,1-5H3. The molecular weight excluding hydrogens is 246 g/mol. The van der Waals surface area contributed by atoms with Crippen LogP contribution in [0.1, 0.15) is 58.7 Å². The molecule has 112 valence electrons. The number of anilines is 1. The molecule has 0 bridgehead atoms. The van der Waals surface area contributed by atoms with E-state index in [9.17, 15) is 0 Å². The molecule has 1 aliphatic heterocycles. The van der Waals surface area contributed by atoms with E-state index in [0.29, 0.717) is 12.6 Å². The number of nitrogens with two attached hydrogens (primary N) is 1. The van der Waals surface area contributed by atoms with Crippen molar-refractivity contribution in [3.8, 4) is 0 Å². The van der Waals surface area contributed by atoms with Crippen LogP contribution in [0.15, 0.2) is 12.1 Å². The maximum absolute atomic E-state index is 5.87. The Morgan fingerprint density at radius 3 is 2.55 bits per heavy atom. The average Bonchev–Trinajstić information content (AvgIpc) is 2.37. The Kier molecular flexibility index (Phi) is 4.38. The SMILES string of the molecule is CC1CCN(c2cc(CN)cc(C(C)(C)C)n2)C(C)C1. The van der Waals surface area contributed by atoms with Crippen LogP contribution in [0.3, 0.4) is 0 Å². The van der Waals surface area contributed by atoms with Gasteiger partial charge in [0.05, 0.1) is 0 Å². The minimum Gasteiger partial charge on any atom is -0.354 e. The molecule has 0 radical (unpaired) electrons. The minimum absolute atomic E-state index is 0.0618. The van der Waals surface area contributed by atoms with Gasteiger partial charge < -0.3 is 10.6 Å². The number of pyridine rings is 1. The van der Waals surface area contributed by atoms with Crippen LogP contribution < -0.4 is 10.6 Å². The molecule has 3 heteroatoms.